The normalized spacial score (nSPS) is 29.0. The Balaban J connectivity index is 1.80. The van der Waals surface area contributed by atoms with Crippen molar-refractivity contribution in [3.05, 3.63) is 0 Å². The first-order valence-electron chi connectivity index (χ1n) is 8.46. The minimum Gasteiger partial charge on any atom is -0.388 e. The van der Waals surface area contributed by atoms with Crippen LogP contribution in [0.25, 0.3) is 0 Å². The van der Waals surface area contributed by atoms with Gasteiger partial charge in [-0.2, -0.15) is 0 Å². The zero-order valence-corrected chi connectivity index (χ0v) is 13.2. The number of carbonyl (C=O) groups is 1. The largest absolute Gasteiger partial charge is 0.388 e. The van der Waals surface area contributed by atoms with Crippen molar-refractivity contribution in [1.82, 2.24) is 10.6 Å². The van der Waals surface area contributed by atoms with Crippen molar-refractivity contribution in [3.63, 3.8) is 0 Å². The quantitative estimate of drug-likeness (QED) is 0.645. The van der Waals surface area contributed by atoms with E-state index in [4.69, 9.17) is 4.74 Å². The maximum atomic E-state index is 12.3. The van der Waals surface area contributed by atoms with Crippen molar-refractivity contribution < 1.29 is 14.6 Å². The predicted molar refractivity (Wildman–Crippen MR) is 82.1 cm³/mol. The van der Waals surface area contributed by atoms with Gasteiger partial charge in [0.05, 0.1) is 24.7 Å². The SMILES string of the molecule is CCCNC1COCC1C(=O)NCC1(O)CCCCCC1. The molecule has 5 nitrogen and oxygen atoms in total. The van der Waals surface area contributed by atoms with Crippen LogP contribution in [-0.2, 0) is 9.53 Å². The van der Waals surface area contributed by atoms with Crippen molar-refractivity contribution in [2.45, 2.75) is 63.5 Å². The van der Waals surface area contributed by atoms with Gasteiger partial charge in [-0.25, -0.2) is 0 Å². The second-order valence-electron chi connectivity index (χ2n) is 6.56. The van der Waals surface area contributed by atoms with Crippen LogP contribution < -0.4 is 10.6 Å². The van der Waals surface area contributed by atoms with E-state index in [1.807, 2.05) is 0 Å². The zero-order chi connectivity index (χ0) is 15.1. The van der Waals surface area contributed by atoms with E-state index in [2.05, 4.69) is 17.6 Å². The second kappa shape index (κ2) is 8.11. The summed E-state index contributed by atoms with van der Waals surface area (Å²) in [5, 5.41) is 16.9. The maximum Gasteiger partial charge on any atom is 0.227 e. The fourth-order valence-corrected chi connectivity index (χ4v) is 3.29. The highest BCUT2D eigenvalue weighted by Gasteiger charge is 2.35. The average molecular weight is 298 g/mol. The summed E-state index contributed by atoms with van der Waals surface area (Å²) in [6, 6.07) is 0.105. The number of amides is 1. The van der Waals surface area contributed by atoms with Gasteiger partial charge in [0.15, 0.2) is 0 Å². The van der Waals surface area contributed by atoms with E-state index in [1.54, 1.807) is 0 Å². The molecule has 0 bridgehead atoms. The summed E-state index contributed by atoms with van der Waals surface area (Å²) in [6.45, 7) is 4.47. The maximum absolute atomic E-state index is 12.3. The van der Waals surface area contributed by atoms with Gasteiger partial charge < -0.3 is 20.5 Å². The molecular weight excluding hydrogens is 268 g/mol. The van der Waals surface area contributed by atoms with Gasteiger partial charge in [-0.1, -0.05) is 32.6 Å². The minimum atomic E-state index is -0.710. The van der Waals surface area contributed by atoms with E-state index < -0.39 is 5.60 Å². The van der Waals surface area contributed by atoms with Crippen LogP contribution in [0.15, 0.2) is 0 Å². The van der Waals surface area contributed by atoms with Crippen molar-refractivity contribution >= 4 is 5.91 Å². The molecule has 0 aromatic carbocycles. The highest BCUT2D eigenvalue weighted by Crippen LogP contribution is 2.26. The Bertz CT molecular complexity index is 327. The standard InChI is InChI=1S/C16H30N2O3/c1-2-9-17-14-11-21-10-13(14)15(19)18-12-16(20)7-5-3-4-6-8-16/h13-14,17,20H,2-12H2,1H3,(H,18,19). The molecule has 2 atom stereocenters. The van der Waals surface area contributed by atoms with Crippen LogP contribution in [0.4, 0.5) is 0 Å². The molecule has 122 valence electrons. The molecule has 0 radical (unpaired) electrons. The van der Waals surface area contributed by atoms with E-state index in [-0.39, 0.29) is 17.9 Å². The smallest absolute Gasteiger partial charge is 0.227 e. The molecule has 0 spiro atoms. The molecule has 21 heavy (non-hydrogen) atoms. The first kappa shape index (κ1) is 16.7. The number of ether oxygens (including phenoxy) is 1. The summed E-state index contributed by atoms with van der Waals surface area (Å²) in [5.74, 6) is -0.121. The molecule has 0 aromatic rings. The van der Waals surface area contributed by atoms with E-state index in [0.717, 1.165) is 38.6 Å². The lowest BCUT2D eigenvalue weighted by Gasteiger charge is -2.28. The van der Waals surface area contributed by atoms with Crippen LogP contribution in [0.5, 0.6) is 0 Å². The summed E-state index contributed by atoms with van der Waals surface area (Å²) < 4.78 is 5.44. The van der Waals surface area contributed by atoms with E-state index in [1.165, 1.54) is 12.8 Å². The molecule has 1 saturated heterocycles. The number of hydrogen-bond donors (Lipinski definition) is 3. The Labute approximate surface area is 127 Å². The Morgan fingerprint density at radius 1 is 1.24 bits per heavy atom. The molecule has 2 fully saturated rings. The van der Waals surface area contributed by atoms with Gasteiger partial charge >= 0.3 is 0 Å². The summed E-state index contributed by atoms with van der Waals surface area (Å²) in [7, 11) is 0. The summed E-state index contributed by atoms with van der Waals surface area (Å²) in [6.07, 6.45) is 7.13. The molecule has 1 saturated carbocycles. The molecular formula is C16H30N2O3. The summed E-state index contributed by atoms with van der Waals surface area (Å²) >= 11 is 0. The van der Waals surface area contributed by atoms with Gasteiger partial charge in [0.2, 0.25) is 5.91 Å². The molecule has 3 N–H and O–H groups in total. The minimum absolute atomic E-state index is 0.0128. The molecule has 2 aliphatic rings. The summed E-state index contributed by atoms with van der Waals surface area (Å²) in [4.78, 5) is 12.3. The fourth-order valence-electron chi connectivity index (χ4n) is 3.29. The third-order valence-electron chi connectivity index (χ3n) is 4.70. The molecule has 1 aliphatic heterocycles. The number of hydrogen-bond acceptors (Lipinski definition) is 4. The second-order valence-corrected chi connectivity index (χ2v) is 6.56. The lowest BCUT2D eigenvalue weighted by Crippen LogP contribution is -2.48. The average Bonchev–Trinajstić information content (AvgIpc) is 2.84. The zero-order valence-electron chi connectivity index (χ0n) is 13.2. The molecule has 5 heteroatoms. The first-order valence-corrected chi connectivity index (χ1v) is 8.46. The molecule has 1 heterocycles. The van der Waals surface area contributed by atoms with Crippen molar-refractivity contribution in [2.75, 3.05) is 26.3 Å². The molecule has 0 aromatic heterocycles. The topological polar surface area (TPSA) is 70.6 Å². The van der Waals surface area contributed by atoms with E-state index in [9.17, 15) is 9.90 Å². The van der Waals surface area contributed by atoms with Crippen LogP contribution in [0.3, 0.4) is 0 Å². The number of nitrogens with one attached hydrogen (secondary N) is 2. The Hall–Kier alpha value is -0.650. The lowest BCUT2D eigenvalue weighted by molar-refractivity contribution is -0.126. The first-order chi connectivity index (χ1) is 10.1. The van der Waals surface area contributed by atoms with E-state index in [0.29, 0.717) is 19.8 Å². The summed E-state index contributed by atoms with van der Waals surface area (Å²) in [5.41, 5.74) is -0.710. The molecule has 2 rings (SSSR count). The van der Waals surface area contributed by atoms with E-state index >= 15 is 0 Å². The van der Waals surface area contributed by atoms with Gasteiger partial charge in [0.25, 0.3) is 0 Å². The van der Waals surface area contributed by atoms with Crippen LogP contribution in [0, 0.1) is 5.92 Å². The molecule has 1 aliphatic carbocycles. The monoisotopic (exact) mass is 298 g/mol. The highest BCUT2D eigenvalue weighted by molar-refractivity contribution is 5.80. The van der Waals surface area contributed by atoms with Crippen LogP contribution in [0.1, 0.15) is 51.9 Å². The van der Waals surface area contributed by atoms with Crippen molar-refractivity contribution in [2.24, 2.45) is 5.92 Å². The lowest BCUT2D eigenvalue weighted by atomic mass is 9.94. The number of carbonyl (C=O) groups excluding carboxylic acids is 1. The Kier molecular flexibility index (Phi) is 6.45. The predicted octanol–water partition coefficient (Wildman–Crippen LogP) is 1.20. The van der Waals surface area contributed by atoms with Crippen molar-refractivity contribution in [1.29, 1.82) is 0 Å². The van der Waals surface area contributed by atoms with Crippen LogP contribution in [-0.4, -0.2) is 49.0 Å². The highest BCUT2D eigenvalue weighted by atomic mass is 16.5. The van der Waals surface area contributed by atoms with Gasteiger partial charge in [0.1, 0.15) is 0 Å². The third kappa shape index (κ3) is 4.94. The Morgan fingerprint density at radius 2 is 1.95 bits per heavy atom. The number of rotatable bonds is 6. The van der Waals surface area contributed by atoms with Gasteiger partial charge in [-0.3, -0.25) is 4.79 Å². The Morgan fingerprint density at radius 3 is 2.62 bits per heavy atom. The van der Waals surface area contributed by atoms with Crippen LogP contribution >= 0.6 is 0 Å². The third-order valence-corrected chi connectivity index (χ3v) is 4.70. The van der Waals surface area contributed by atoms with Gasteiger partial charge in [-0.15, -0.1) is 0 Å². The molecule has 1 amide bonds. The van der Waals surface area contributed by atoms with Crippen LogP contribution in [0.2, 0.25) is 0 Å². The molecule has 2 unspecified atom stereocenters. The fraction of sp³-hybridized carbons (Fsp3) is 0.938. The van der Waals surface area contributed by atoms with Crippen molar-refractivity contribution in [3.8, 4) is 0 Å². The van der Waals surface area contributed by atoms with Gasteiger partial charge in [-0.05, 0) is 25.8 Å². The van der Waals surface area contributed by atoms with Gasteiger partial charge in [0, 0.05) is 12.6 Å². The number of aliphatic hydroxyl groups is 1.